The second-order valence-corrected chi connectivity index (χ2v) is 5.97. The third-order valence-corrected chi connectivity index (χ3v) is 4.78. The number of benzene rings is 1. The van der Waals surface area contributed by atoms with Gasteiger partial charge < -0.3 is 4.74 Å². The fourth-order valence-corrected chi connectivity index (χ4v) is 3.97. The number of carbonyl (C=O) groups is 1. The molecule has 1 aromatic rings. The number of rotatable bonds is 3. The summed E-state index contributed by atoms with van der Waals surface area (Å²) in [5.74, 6) is 1.05. The average Bonchev–Trinajstić information content (AvgIpc) is 2.83. The Morgan fingerprint density at radius 3 is 3.00 bits per heavy atom. The summed E-state index contributed by atoms with van der Waals surface area (Å²) in [6, 6.07) is 8.32. The van der Waals surface area contributed by atoms with E-state index in [0.717, 1.165) is 25.7 Å². The highest BCUT2D eigenvalue weighted by Crippen LogP contribution is 2.52. The van der Waals surface area contributed by atoms with Crippen molar-refractivity contribution in [3.05, 3.63) is 35.4 Å². The number of halogens is 1. The normalized spacial score (nSPS) is 29.9. The summed E-state index contributed by atoms with van der Waals surface area (Å²) in [6.07, 6.45) is 5.65. The highest BCUT2D eigenvalue weighted by molar-refractivity contribution is 6.18. The van der Waals surface area contributed by atoms with Gasteiger partial charge in [0.1, 0.15) is 5.60 Å². The molecule has 1 aliphatic heterocycles. The maximum absolute atomic E-state index is 11.8. The number of aryl methyl sites for hydroxylation is 1. The van der Waals surface area contributed by atoms with Gasteiger partial charge in [0.25, 0.3) is 0 Å². The van der Waals surface area contributed by atoms with Crippen LogP contribution in [0.1, 0.15) is 43.2 Å². The number of esters is 1. The second-order valence-electron chi connectivity index (χ2n) is 5.59. The van der Waals surface area contributed by atoms with Gasteiger partial charge in [-0.25, -0.2) is 0 Å². The van der Waals surface area contributed by atoms with Gasteiger partial charge >= 0.3 is 5.97 Å². The number of fused-ring (bicyclic) bond motifs is 1. The van der Waals surface area contributed by atoms with Gasteiger partial charge in [-0.05, 0) is 43.2 Å². The van der Waals surface area contributed by atoms with E-state index in [-0.39, 0.29) is 11.6 Å². The van der Waals surface area contributed by atoms with Crippen molar-refractivity contribution in [1.82, 2.24) is 0 Å². The molecule has 2 aliphatic rings. The fourth-order valence-electron chi connectivity index (χ4n) is 3.77. The average molecular weight is 279 g/mol. The molecule has 0 aromatic heterocycles. The monoisotopic (exact) mass is 278 g/mol. The van der Waals surface area contributed by atoms with Gasteiger partial charge in [-0.3, -0.25) is 4.79 Å². The molecule has 0 unspecified atom stereocenters. The Balaban J connectivity index is 2.05. The Kier molecular flexibility index (Phi) is 3.53. The Morgan fingerprint density at radius 2 is 2.16 bits per heavy atom. The molecule has 2 atom stereocenters. The largest absolute Gasteiger partial charge is 0.454 e. The molecule has 1 aromatic carbocycles. The molecular weight excluding hydrogens is 260 g/mol. The van der Waals surface area contributed by atoms with E-state index in [0.29, 0.717) is 18.2 Å². The molecule has 0 radical (unpaired) electrons. The molecular formula is C16H19ClO2. The summed E-state index contributed by atoms with van der Waals surface area (Å²) in [6.45, 7) is 0. The van der Waals surface area contributed by atoms with Crippen molar-refractivity contribution in [3.63, 3.8) is 0 Å². The molecule has 0 spiro atoms. The van der Waals surface area contributed by atoms with Gasteiger partial charge in [-0.2, -0.15) is 0 Å². The minimum absolute atomic E-state index is 0.0428. The lowest BCUT2D eigenvalue weighted by molar-refractivity contribution is -0.175. The van der Waals surface area contributed by atoms with Crippen molar-refractivity contribution >= 4 is 17.6 Å². The Labute approximate surface area is 119 Å². The van der Waals surface area contributed by atoms with Gasteiger partial charge in [0.05, 0.1) is 0 Å². The van der Waals surface area contributed by atoms with Crippen LogP contribution in [-0.2, 0) is 21.6 Å². The predicted molar refractivity (Wildman–Crippen MR) is 75.2 cm³/mol. The summed E-state index contributed by atoms with van der Waals surface area (Å²) in [4.78, 5) is 11.8. The van der Waals surface area contributed by atoms with Crippen LogP contribution in [0.2, 0.25) is 0 Å². The van der Waals surface area contributed by atoms with Crippen LogP contribution in [0.25, 0.3) is 0 Å². The summed E-state index contributed by atoms with van der Waals surface area (Å²) in [5, 5.41) is 0. The zero-order valence-corrected chi connectivity index (χ0v) is 11.8. The zero-order valence-electron chi connectivity index (χ0n) is 11.0. The Hall–Kier alpha value is -1.02. The van der Waals surface area contributed by atoms with Crippen LogP contribution in [0.3, 0.4) is 0 Å². The minimum Gasteiger partial charge on any atom is -0.454 e. The lowest BCUT2D eigenvalue weighted by Crippen LogP contribution is -2.41. The molecule has 0 bridgehead atoms. The third-order valence-electron chi connectivity index (χ3n) is 4.59. The Morgan fingerprint density at radius 1 is 1.32 bits per heavy atom. The topological polar surface area (TPSA) is 26.3 Å². The van der Waals surface area contributed by atoms with Crippen LogP contribution in [0.5, 0.6) is 0 Å². The fraction of sp³-hybridized carbons (Fsp3) is 0.562. The first-order chi connectivity index (χ1) is 9.26. The van der Waals surface area contributed by atoms with E-state index in [2.05, 4.69) is 12.1 Å². The van der Waals surface area contributed by atoms with Gasteiger partial charge in [-0.1, -0.05) is 24.3 Å². The molecule has 102 valence electrons. The van der Waals surface area contributed by atoms with Crippen molar-refractivity contribution in [1.29, 1.82) is 0 Å². The number of hydrogen-bond donors (Lipinski definition) is 0. The molecule has 2 nitrogen and oxygen atoms in total. The van der Waals surface area contributed by atoms with Gasteiger partial charge in [0, 0.05) is 18.2 Å². The summed E-state index contributed by atoms with van der Waals surface area (Å²) >= 11 is 5.91. The van der Waals surface area contributed by atoms with Crippen molar-refractivity contribution < 1.29 is 9.53 Å². The molecule has 1 saturated heterocycles. The van der Waals surface area contributed by atoms with Crippen molar-refractivity contribution in [2.75, 3.05) is 5.88 Å². The van der Waals surface area contributed by atoms with Crippen LogP contribution >= 0.6 is 11.6 Å². The van der Waals surface area contributed by atoms with Crippen LogP contribution in [0.15, 0.2) is 24.3 Å². The number of hydrogen-bond acceptors (Lipinski definition) is 2. The number of alkyl halides is 1. The molecule has 1 aliphatic carbocycles. The lowest BCUT2D eigenvalue weighted by atomic mass is 9.77. The van der Waals surface area contributed by atoms with Crippen molar-refractivity contribution in [2.24, 2.45) is 5.92 Å². The first-order valence-corrected chi connectivity index (χ1v) is 7.66. The quantitative estimate of drug-likeness (QED) is 0.621. The number of carbonyl (C=O) groups excluding carboxylic acids is 1. The number of ether oxygens (including phenoxy) is 1. The molecule has 1 heterocycles. The molecule has 2 fully saturated rings. The van der Waals surface area contributed by atoms with Crippen molar-refractivity contribution in [3.8, 4) is 0 Å². The van der Waals surface area contributed by atoms with E-state index < -0.39 is 0 Å². The maximum atomic E-state index is 11.8. The molecule has 0 N–H and O–H groups in total. The first-order valence-electron chi connectivity index (χ1n) is 7.12. The molecule has 0 amide bonds. The summed E-state index contributed by atoms with van der Waals surface area (Å²) in [7, 11) is 0. The van der Waals surface area contributed by atoms with E-state index in [9.17, 15) is 4.79 Å². The van der Waals surface area contributed by atoms with E-state index in [4.69, 9.17) is 16.3 Å². The third kappa shape index (κ3) is 2.16. The highest BCUT2D eigenvalue weighted by Gasteiger charge is 2.50. The van der Waals surface area contributed by atoms with Crippen LogP contribution in [0.4, 0.5) is 0 Å². The van der Waals surface area contributed by atoms with Gasteiger partial charge in [-0.15, -0.1) is 11.6 Å². The van der Waals surface area contributed by atoms with E-state index >= 15 is 0 Å². The van der Waals surface area contributed by atoms with Gasteiger partial charge in [0.15, 0.2) is 0 Å². The van der Waals surface area contributed by atoms with E-state index in [1.807, 2.05) is 12.1 Å². The molecule has 3 heteroatoms. The smallest absolute Gasteiger partial charge is 0.306 e. The molecule has 1 saturated carbocycles. The lowest BCUT2D eigenvalue weighted by Gasteiger charge is -2.40. The predicted octanol–water partition coefficient (Wildman–Crippen LogP) is 3.80. The zero-order chi connectivity index (χ0) is 13.3. The van der Waals surface area contributed by atoms with Crippen LogP contribution in [-0.4, -0.2) is 11.8 Å². The molecule has 3 rings (SSSR count). The maximum Gasteiger partial charge on any atom is 0.306 e. The molecule has 19 heavy (non-hydrogen) atoms. The standard InChI is InChI=1S/C16H19ClO2/c17-11-9-12-4-1-2-6-14(12)16-10-3-5-13(16)7-8-15(18)19-16/h1-2,4,6,13H,3,5,7-11H2/t13-,16-/m0/s1. The van der Waals surface area contributed by atoms with Crippen LogP contribution < -0.4 is 0 Å². The SMILES string of the molecule is O=C1CC[C@@H]2CCC[C@]2(c2ccccc2CCCl)O1. The van der Waals surface area contributed by atoms with Crippen LogP contribution in [0, 0.1) is 5.92 Å². The van der Waals surface area contributed by atoms with Crippen molar-refractivity contribution in [2.45, 2.75) is 44.1 Å². The van der Waals surface area contributed by atoms with E-state index in [1.54, 1.807) is 0 Å². The minimum atomic E-state index is -0.363. The highest BCUT2D eigenvalue weighted by atomic mass is 35.5. The first kappa shape index (κ1) is 13.0. The van der Waals surface area contributed by atoms with Gasteiger partial charge in [0.2, 0.25) is 0 Å². The van der Waals surface area contributed by atoms with E-state index in [1.165, 1.54) is 17.5 Å². The second kappa shape index (κ2) is 5.16. The Bertz CT molecular complexity index is 485. The summed E-state index contributed by atoms with van der Waals surface area (Å²) < 4.78 is 5.89. The summed E-state index contributed by atoms with van der Waals surface area (Å²) in [5.41, 5.74) is 2.07.